The van der Waals surface area contributed by atoms with E-state index in [-0.39, 0.29) is 23.9 Å². The summed E-state index contributed by atoms with van der Waals surface area (Å²) in [5.41, 5.74) is 1.58. The summed E-state index contributed by atoms with van der Waals surface area (Å²) < 4.78 is 28.1. The maximum atomic E-state index is 13.2. The summed E-state index contributed by atoms with van der Waals surface area (Å²) in [4.78, 5) is 0.305. The first kappa shape index (κ1) is 19.2. The zero-order chi connectivity index (χ0) is 18.3. The lowest BCUT2D eigenvalue weighted by Gasteiger charge is -2.47. The molecule has 3 atom stereocenters. The molecule has 4 nitrogen and oxygen atoms in total. The van der Waals surface area contributed by atoms with Crippen molar-refractivity contribution in [3.8, 4) is 0 Å². The van der Waals surface area contributed by atoms with Crippen molar-refractivity contribution in [2.45, 2.75) is 58.1 Å². The Bertz CT molecular complexity index is 701. The lowest BCUT2D eigenvalue weighted by atomic mass is 9.77. The third-order valence-electron chi connectivity index (χ3n) is 4.91. The van der Waals surface area contributed by atoms with E-state index in [0.717, 1.165) is 11.1 Å². The smallest absolute Gasteiger partial charge is 0.243 e. The number of hydrogen-bond donors (Lipinski definition) is 1. The number of hydrogen-bond acceptors (Lipinski definition) is 3. The Morgan fingerprint density at radius 2 is 1.79 bits per heavy atom. The molecule has 1 fully saturated rings. The topological polar surface area (TPSA) is 57.6 Å². The van der Waals surface area contributed by atoms with E-state index in [2.05, 4.69) is 6.58 Å². The van der Waals surface area contributed by atoms with Crippen LogP contribution in [0.5, 0.6) is 0 Å². The minimum absolute atomic E-state index is 0.233. The van der Waals surface area contributed by atoms with Gasteiger partial charge >= 0.3 is 0 Å². The molecule has 24 heavy (non-hydrogen) atoms. The van der Waals surface area contributed by atoms with Crippen LogP contribution in [0.2, 0.25) is 0 Å². The van der Waals surface area contributed by atoms with Crippen LogP contribution in [-0.2, 0) is 10.0 Å². The highest BCUT2D eigenvalue weighted by molar-refractivity contribution is 7.89. The van der Waals surface area contributed by atoms with Gasteiger partial charge < -0.3 is 5.11 Å². The number of aryl methyl sites for hydroxylation is 1. The Morgan fingerprint density at radius 3 is 2.25 bits per heavy atom. The fraction of sp³-hybridized carbons (Fsp3) is 0.579. The number of nitrogens with zero attached hydrogens (tertiary/aromatic N) is 1. The van der Waals surface area contributed by atoms with E-state index in [9.17, 15) is 13.5 Å². The second-order valence-corrected chi connectivity index (χ2v) is 9.92. The molecule has 1 aromatic rings. The predicted octanol–water partition coefficient (Wildman–Crippen LogP) is 3.36. The number of piperidine rings is 1. The van der Waals surface area contributed by atoms with Crippen LogP contribution in [0.3, 0.4) is 0 Å². The van der Waals surface area contributed by atoms with Crippen LogP contribution in [-0.4, -0.2) is 36.5 Å². The first-order chi connectivity index (χ1) is 10.9. The van der Waals surface area contributed by atoms with Crippen LogP contribution < -0.4 is 0 Å². The normalized spacial score (nSPS) is 26.3. The second-order valence-electron chi connectivity index (χ2n) is 8.03. The van der Waals surface area contributed by atoms with Gasteiger partial charge in [0.2, 0.25) is 10.0 Å². The summed E-state index contributed by atoms with van der Waals surface area (Å²) in [5.74, 6) is -0.233. The monoisotopic (exact) mass is 351 g/mol. The number of aliphatic hydroxyl groups excluding tert-OH is 1. The Kier molecular flexibility index (Phi) is 5.28. The van der Waals surface area contributed by atoms with Gasteiger partial charge in [-0.2, -0.15) is 4.31 Å². The fourth-order valence-electron chi connectivity index (χ4n) is 3.33. The van der Waals surface area contributed by atoms with Gasteiger partial charge in [0, 0.05) is 18.5 Å². The van der Waals surface area contributed by atoms with Crippen molar-refractivity contribution in [1.29, 1.82) is 0 Å². The van der Waals surface area contributed by atoms with Crippen molar-refractivity contribution in [1.82, 2.24) is 4.31 Å². The van der Waals surface area contributed by atoms with Crippen molar-refractivity contribution >= 4 is 10.0 Å². The van der Waals surface area contributed by atoms with Gasteiger partial charge in [-0.25, -0.2) is 8.42 Å². The minimum Gasteiger partial charge on any atom is -0.392 e. The molecule has 0 radical (unpaired) electrons. The summed E-state index contributed by atoms with van der Waals surface area (Å²) >= 11 is 0. The van der Waals surface area contributed by atoms with Crippen molar-refractivity contribution in [2.24, 2.45) is 11.3 Å². The number of benzene rings is 1. The Balaban J connectivity index is 2.48. The van der Waals surface area contributed by atoms with Gasteiger partial charge in [-0.15, -0.1) is 0 Å². The highest BCUT2D eigenvalue weighted by atomic mass is 32.2. The maximum Gasteiger partial charge on any atom is 0.243 e. The molecule has 0 spiro atoms. The van der Waals surface area contributed by atoms with Crippen LogP contribution in [0.15, 0.2) is 41.3 Å². The van der Waals surface area contributed by atoms with E-state index in [1.54, 1.807) is 16.4 Å². The molecule has 2 rings (SSSR count). The Morgan fingerprint density at radius 1 is 1.25 bits per heavy atom. The highest BCUT2D eigenvalue weighted by Gasteiger charge is 2.45. The van der Waals surface area contributed by atoms with Crippen LogP contribution >= 0.6 is 0 Å². The third-order valence-corrected chi connectivity index (χ3v) is 6.80. The van der Waals surface area contributed by atoms with E-state index in [4.69, 9.17) is 0 Å². The van der Waals surface area contributed by atoms with Crippen molar-refractivity contribution < 1.29 is 13.5 Å². The van der Waals surface area contributed by atoms with Gasteiger partial charge in [-0.05, 0) is 37.8 Å². The van der Waals surface area contributed by atoms with Crippen molar-refractivity contribution in [2.75, 3.05) is 6.54 Å². The van der Waals surface area contributed by atoms with Crippen LogP contribution in [0, 0.1) is 18.3 Å². The summed E-state index contributed by atoms with van der Waals surface area (Å²) in [6.45, 7) is 14.0. The summed E-state index contributed by atoms with van der Waals surface area (Å²) in [7, 11) is -3.62. The predicted molar refractivity (Wildman–Crippen MR) is 97.2 cm³/mol. The molecule has 0 amide bonds. The quantitative estimate of drug-likeness (QED) is 0.850. The fourth-order valence-corrected chi connectivity index (χ4v) is 5.18. The standard InChI is InChI=1S/C19H29NO3S/c1-13(2)16-12-20(18(11-17(16)21)19(4,5)6)24(22,23)15-9-7-14(3)8-10-15/h7-10,16-18,21H,1,11-12H2,2-6H3/t16-,17-,18-/m1/s1. The van der Waals surface area contributed by atoms with Gasteiger partial charge in [0.05, 0.1) is 11.0 Å². The molecule has 0 bridgehead atoms. The first-order valence-corrected chi connectivity index (χ1v) is 9.80. The van der Waals surface area contributed by atoms with Crippen LogP contribution in [0.1, 0.15) is 39.7 Å². The van der Waals surface area contributed by atoms with Gasteiger partial charge in [-0.3, -0.25) is 0 Å². The van der Waals surface area contributed by atoms with Gasteiger partial charge in [0.25, 0.3) is 0 Å². The van der Waals surface area contributed by atoms with Crippen molar-refractivity contribution in [3.63, 3.8) is 0 Å². The Hall–Kier alpha value is -1.17. The molecule has 0 aliphatic carbocycles. The molecule has 0 aromatic heterocycles. The highest BCUT2D eigenvalue weighted by Crippen LogP contribution is 2.39. The molecule has 1 aliphatic heterocycles. The summed E-state index contributed by atoms with van der Waals surface area (Å²) in [6, 6.07) is 6.69. The van der Waals surface area contributed by atoms with E-state index in [0.29, 0.717) is 11.3 Å². The third kappa shape index (κ3) is 3.73. The number of rotatable bonds is 3. The van der Waals surface area contributed by atoms with Gasteiger partial charge in [0.15, 0.2) is 0 Å². The minimum atomic E-state index is -3.62. The summed E-state index contributed by atoms with van der Waals surface area (Å²) in [6.07, 6.45) is -0.136. The summed E-state index contributed by atoms with van der Waals surface area (Å²) in [5, 5.41) is 10.5. The molecular weight excluding hydrogens is 322 g/mol. The molecule has 0 unspecified atom stereocenters. The average Bonchev–Trinajstić information content (AvgIpc) is 2.45. The van der Waals surface area contributed by atoms with Crippen LogP contribution in [0.25, 0.3) is 0 Å². The number of sulfonamides is 1. The average molecular weight is 352 g/mol. The molecule has 5 heteroatoms. The lowest BCUT2D eigenvalue weighted by molar-refractivity contribution is 0.00795. The molecule has 134 valence electrons. The largest absolute Gasteiger partial charge is 0.392 e. The van der Waals surface area contributed by atoms with Gasteiger partial charge in [0.1, 0.15) is 0 Å². The molecule has 0 saturated carbocycles. The second kappa shape index (κ2) is 6.62. The Labute approximate surface area is 146 Å². The molecule has 1 heterocycles. The van der Waals surface area contributed by atoms with Gasteiger partial charge in [-0.1, -0.05) is 50.6 Å². The number of aliphatic hydroxyl groups is 1. The van der Waals surface area contributed by atoms with E-state index < -0.39 is 16.1 Å². The van der Waals surface area contributed by atoms with E-state index in [1.165, 1.54) is 0 Å². The molecule has 1 aromatic carbocycles. The van der Waals surface area contributed by atoms with E-state index in [1.807, 2.05) is 46.8 Å². The van der Waals surface area contributed by atoms with Crippen molar-refractivity contribution in [3.05, 3.63) is 42.0 Å². The molecular formula is C19H29NO3S. The molecule has 1 aliphatic rings. The zero-order valence-electron chi connectivity index (χ0n) is 15.3. The lowest BCUT2D eigenvalue weighted by Crippen LogP contribution is -2.56. The first-order valence-electron chi connectivity index (χ1n) is 8.36. The van der Waals surface area contributed by atoms with E-state index >= 15 is 0 Å². The zero-order valence-corrected chi connectivity index (χ0v) is 16.1. The molecule has 1 saturated heterocycles. The molecule has 1 N–H and O–H groups in total. The maximum absolute atomic E-state index is 13.2. The SMILES string of the molecule is C=C(C)[C@H]1CN(S(=O)(=O)c2ccc(C)cc2)[C@@H](C(C)(C)C)C[C@H]1O. The van der Waals surface area contributed by atoms with Crippen LogP contribution in [0.4, 0.5) is 0 Å².